The van der Waals surface area contributed by atoms with Crippen LogP contribution in [0.1, 0.15) is 10.4 Å². The Hall–Kier alpha value is -2.93. The van der Waals surface area contributed by atoms with Crippen LogP contribution in [0.25, 0.3) is 0 Å². The molecule has 0 saturated carbocycles. The molecule has 0 aromatic heterocycles. The van der Waals surface area contributed by atoms with Gasteiger partial charge in [0.2, 0.25) is 10.0 Å². The second-order valence-corrected chi connectivity index (χ2v) is 8.04. The Morgan fingerprint density at radius 1 is 1.21 bits per heavy atom. The maximum atomic E-state index is 14.5. The molecule has 3 rings (SSSR count). The SMILES string of the molecule is C#CCNS(=O)(=O)c1cccc(C(=O)Nc2ccc(N3CCOCC3)c(F)c2)c1. The number of benzene rings is 2. The minimum Gasteiger partial charge on any atom is -0.378 e. The molecular formula is C20H20FN3O4S. The number of nitrogens with one attached hydrogen (secondary N) is 2. The lowest BCUT2D eigenvalue weighted by atomic mass is 10.2. The van der Waals surface area contributed by atoms with Gasteiger partial charge in [0.1, 0.15) is 5.82 Å². The molecule has 9 heteroatoms. The quantitative estimate of drug-likeness (QED) is 0.701. The van der Waals surface area contributed by atoms with Crippen molar-refractivity contribution in [3.63, 3.8) is 0 Å². The number of carbonyl (C=O) groups excluding carboxylic acids is 1. The molecule has 7 nitrogen and oxygen atoms in total. The molecule has 2 aromatic carbocycles. The second-order valence-electron chi connectivity index (χ2n) is 6.28. The smallest absolute Gasteiger partial charge is 0.255 e. The van der Waals surface area contributed by atoms with Crippen molar-refractivity contribution >= 4 is 27.3 Å². The van der Waals surface area contributed by atoms with Crippen LogP contribution in [0.2, 0.25) is 0 Å². The second kappa shape index (κ2) is 9.05. The van der Waals surface area contributed by atoms with Crippen LogP contribution in [0, 0.1) is 18.2 Å². The molecule has 0 bridgehead atoms. The Balaban J connectivity index is 1.74. The number of carbonyl (C=O) groups is 1. The van der Waals surface area contributed by atoms with E-state index in [4.69, 9.17) is 11.2 Å². The fourth-order valence-electron chi connectivity index (χ4n) is 2.87. The van der Waals surface area contributed by atoms with Crippen molar-refractivity contribution in [1.82, 2.24) is 4.72 Å². The van der Waals surface area contributed by atoms with Gasteiger partial charge in [-0.2, -0.15) is 4.72 Å². The molecule has 0 unspecified atom stereocenters. The zero-order valence-corrected chi connectivity index (χ0v) is 16.3. The van der Waals surface area contributed by atoms with Crippen LogP contribution in [0.3, 0.4) is 0 Å². The van der Waals surface area contributed by atoms with Gasteiger partial charge in [0, 0.05) is 24.3 Å². The summed E-state index contributed by atoms with van der Waals surface area (Å²) in [6, 6.07) is 9.92. The fraction of sp³-hybridized carbons (Fsp3) is 0.250. The summed E-state index contributed by atoms with van der Waals surface area (Å²) in [5.41, 5.74) is 0.827. The molecule has 0 radical (unpaired) electrons. The van der Waals surface area contributed by atoms with Crippen molar-refractivity contribution in [2.45, 2.75) is 4.90 Å². The predicted molar refractivity (Wildman–Crippen MR) is 108 cm³/mol. The molecule has 0 atom stereocenters. The van der Waals surface area contributed by atoms with Gasteiger partial charge in [0.15, 0.2) is 0 Å². The molecule has 29 heavy (non-hydrogen) atoms. The minimum atomic E-state index is -3.82. The van der Waals surface area contributed by atoms with Crippen molar-refractivity contribution in [2.24, 2.45) is 0 Å². The third-order valence-corrected chi connectivity index (χ3v) is 5.73. The van der Waals surface area contributed by atoms with Crippen LogP contribution >= 0.6 is 0 Å². The van der Waals surface area contributed by atoms with Gasteiger partial charge < -0.3 is 15.0 Å². The van der Waals surface area contributed by atoms with Crippen molar-refractivity contribution in [3.8, 4) is 12.3 Å². The number of ether oxygens (including phenoxy) is 1. The number of rotatable bonds is 6. The summed E-state index contributed by atoms with van der Waals surface area (Å²) in [5, 5.41) is 2.58. The van der Waals surface area contributed by atoms with Crippen LogP contribution in [0.5, 0.6) is 0 Å². The first kappa shape index (κ1) is 20.8. The van der Waals surface area contributed by atoms with E-state index in [2.05, 4.69) is 16.0 Å². The van der Waals surface area contributed by atoms with Crippen LogP contribution in [-0.4, -0.2) is 47.2 Å². The number of morpholine rings is 1. The van der Waals surface area contributed by atoms with Crippen LogP contribution in [0.4, 0.5) is 15.8 Å². The summed E-state index contributed by atoms with van der Waals surface area (Å²) in [4.78, 5) is 14.3. The summed E-state index contributed by atoms with van der Waals surface area (Å²) in [5.74, 6) is 1.16. The molecular weight excluding hydrogens is 397 g/mol. The molecule has 2 N–H and O–H groups in total. The van der Waals surface area contributed by atoms with Gasteiger partial charge >= 0.3 is 0 Å². The third kappa shape index (κ3) is 5.12. The number of hydrogen-bond acceptors (Lipinski definition) is 5. The summed E-state index contributed by atoms with van der Waals surface area (Å²) in [7, 11) is -3.82. The first-order chi connectivity index (χ1) is 13.9. The van der Waals surface area contributed by atoms with Crippen LogP contribution in [0.15, 0.2) is 47.4 Å². The number of anilines is 2. The Bertz CT molecular complexity index is 1040. The molecule has 1 heterocycles. The van der Waals surface area contributed by atoms with Crippen molar-refractivity contribution in [2.75, 3.05) is 43.1 Å². The maximum absolute atomic E-state index is 14.5. The number of terminal acetylenes is 1. The topological polar surface area (TPSA) is 87.7 Å². The molecule has 1 aliphatic rings. The highest BCUT2D eigenvalue weighted by Crippen LogP contribution is 2.24. The Kier molecular flexibility index (Phi) is 6.49. The normalized spacial score (nSPS) is 14.3. The van der Waals surface area contributed by atoms with E-state index in [-0.39, 0.29) is 22.7 Å². The first-order valence-corrected chi connectivity index (χ1v) is 10.4. The van der Waals surface area contributed by atoms with Gasteiger partial charge in [-0.25, -0.2) is 12.8 Å². The predicted octanol–water partition coefficient (Wildman–Crippen LogP) is 1.83. The lowest BCUT2D eigenvalue weighted by Crippen LogP contribution is -2.36. The summed E-state index contributed by atoms with van der Waals surface area (Å²) in [6.07, 6.45) is 5.07. The summed E-state index contributed by atoms with van der Waals surface area (Å²) >= 11 is 0. The summed E-state index contributed by atoms with van der Waals surface area (Å²) in [6.45, 7) is 2.10. The van der Waals surface area contributed by atoms with E-state index in [1.54, 1.807) is 12.1 Å². The monoisotopic (exact) mass is 417 g/mol. The van der Waals surface area contributed by atoms with Gasteiger partial charge in [-0.05, 0) is 36.4 Å². The summed E-state index contributed by atoms with van der Waals surface area (Å²) < 4.78 is 46.3. The van der Waals surface area contributed by atoms with Crippen LogP contribution in [-0.2, 0) is 14.8 Å². The molecule has 1 aliphatic heterocycles. The minimum absolute atomic E-state index is 0.0887. The van der Waals surface area contributed by atoms with Gasteiger partial charge in [0.25, 0.3) is 5.91 Å². The molecule has 152 valence electrons. The first-order valence-electron chi connectivity index (χ1n) is 8.87. The molecule has 1 fully saturated rings. The van der Waals surface area contributed by atoms with Crippen molar-refractivity contribution in [1.29, 1.82) is 0 Å². The molecule has 0 aliphatic carbocycles. The average molecular weight is 417 g/mol. The molecule has 1 saturated heterocycles. The highest BCUT2D eigenvalue weighted by molar-refractivity contribution is 7.89. The van der Waals surface area contributed by atoms with E-state index >= 15 is 0 Å². The highest BCUT2D eigenvalue weighted by Gasteiger charge is 2.18. The highest BCUT2D eigenvalue weighted by atomic mass is 32.2. The molecule has 2 aromatic rings. The third-order valence-electron chi connectivity index (χ3n) is 4.33. The Morgan fingerprint density at radius 2 is 1.97 bits per heavy atom. The Labute approximate surface area is 168 Å². The Morgan fingerprint density at radius 3 is 2.66 bits per heavy atom. The van der Waals surface area contributed by atoms with E-state index in [0.29, 0.717) is 32.0 Å². The number of halogens is 1. The zero-order valence-electron chi connectivity index (χ0n) is 15.5. The van der Waals surface area contributed by atoms with Gasteiger partial charge in [-0.3, -0.25) is 4.79 Å². The number of sulfonamides is 1. The van der Waals surface area contributed by atoms with Gasteiger partial charge in [-0.15, -0.1) is 6.42 Å². The van der Waals surface area contributed by atoms with E-state index < -0.39 is 21.7 Å². The lowest BCUT2D eigenvalue weighted by Gasteiger charge is -2.29. The fourth-order valence-corrected chi connectivity index (χ4v) is 3.85. The van der Waals surface area contributed by atoms with E-state index in [1.165, 1.54) is 30.3 Å². The average Bonchev–Trinajstić information content (AvgIpc) is 2.73. The molecule has 0 spiro atoms. The van der Waals surface area contributed by atoms with Gasteiger partial charge in [0.05, 0.1) is 30.3 Å². The number of hydrogen-bond donors (Lipinski definition) is 2. The molecule has 1 amide bonds. The maximum Gasteiger partial charge on any atom is 0.255 e. The standard InChI is InChI=1S/C20H20FN3O4S/c1-2-8-22-29(26,27)17-5-3-4-15(13-17)20(25)23-16-6-7-19(18(21)14-16)24-9-11-28-12-10-24/h1,3-7,13-14,22H,8-12H2,(H,23,25). The number of nitrogens with zero attached hydrogens (tertiary/aromatic N) is 1. The van der Waals surface area contributed by atoms with E-state index in [9.17, 15) is 17.6 Å². The van der Waals surface area contributed by atoms with E-state index in [1.807, 2.05) is 4.90 Å². The van der Waals surface area contributed by atoms with Crippen LogP contribution < -0.4 is 14.9 Å². The van der Waals surface area contributed by atoms with Crippen molar-refractivity contribution in [3.05, 3.63) is 53.8 Å². The lowest BCUT2D eigenvalue weighted by molar-refractivity contribution is 0.102. The zero-order chi connectivity index (χ0) is 20.9. The van der Waals surface area contributed by atoms with E-state index in [0.717, 1.165) is 0 Å². The number of amides is 1. The van der Waals surface area contributed by atoms with Gasteiger partial charge in [-0.1, -0.05) is 12.0 Å². The largest absolute Gasteiger partial charge is 0.378 e. The van der Waals surface area contributed by atoms with Crippen molar-refractivity contribution < 1.29 is 22.3 Å².